The molecule has 0 aliphatic heterocycles. The third-order valence-corrected chi connectivity index (χ3v) is 4.34. The zero-order chi connectivity index (χ0) is 13.2. The van der Waals surface area contributed by atoms with Gasteiger partial charge in [-0.3, -0.25) is 0 Å². The lowest BCUT2D eigenvalue weighted by molar-refractivity contribution is 0.209. The molecule has 0 heterocycles. The Morgan fingerprint density at radius 3 is 2.50 bits per heavy atom. The first-order chi connectivity index (χ1) is 8.74. The first-order valence-corrected chi connectivity index (χ1v) is 8.08. The van der Waals surface area contributed by atoms with Crippen LogP contribution in [-0.4, -0.2) is 12.6 Å². The molecule has 0 amide bonds. The molecule has 0 aromatic heterocycles. The number of hydrogen-bond acceptors (Lipinski definition) is 1. The van der Waals surface area contributed by atoms with E-state index in [1.807, 2.05) is 0 Å². The Hall–Kier alpha value is -0.300. The molecule has 1 aliphatic carbocycles. The summed E-state index contributed by atoms with van der Waals surface area (Å²) in [6, 6.07) is 0.639. The molecular formula is C17H33N. The van der Waals surface area contributed by atoms with Gasteiger partial charge in [0.2, 0.25) is 0 Å². The summed E-state index contributed by atoms with van der Waals surface area (Å²) in [5.74, 6) is 1.94. The minimum absolute atomic E-state index is 0.639. The number of rotatable bonds is 9. The van der Waals surface area contributed by atoms with Gasteiger partial charge in [0.05, 0.1) is 0 Å². The summed E-state index contributed by atoms with van der Waals surface area (Å²) in [6.07, 6.45) is 14.7. The number of allylic oxidation sites excluding steroid dienone is 1. The summed E-state index contributed by atoms with van der Waals surface area (Å²) in [4.78, 5) is 0. The van der Waals surface area contributed by atoms with Crippen LogP contribution >= 0.6 is 0 Å². The summed E-state index contributed by atoms with van der Waals surface area (Å²) in [7, 11) is 0. The van der Waals surface area contributed by atoms with Gasteiger partial charge in [-0.25, -0.2) is 0 Å². The van der Waals surface area contributed by atoms with Crippen LogP contribution in [-0.2, 0) is 0 Å². The zero-order valence-electron chi connectivity index (χ0n) is 12.6. The Balaban J connectivity index is 2.19. The molecule has 1 nitrogen and oxygen atoms in total. The summed E-state index contributed by atoms with van der Waals surface area (Å²) < 4.78 is 0. The van der Waals surface area contributed by atoms with Gasteiger partial charge < -0.3 is 5.32 Å². The molecule has 2 atom stereocenters. The summed E-state index contributed by atoms with van der Waals surface area (Å²) in [5.41, 5.74) is 0. The van der Waals surface area contributed by atoms with Gasteiger partial charge in [-0.1, -0.05) is 58.4 Å². The van der Waals surface area contributed by atoms with E-state index < -0.39 is 0 Å². The molecule has 1 heteroatoms. The third-order valence-electron chi connectivity index (χ3n) is 4.34. The minimum atomic E-state index is 0.639. The fraction of sp³-hybridized carbons (Fsp3) is 0.882. The maximum absolute atomic E-state index is 3.79. The van der Waals surface area contributed by atoms with Gasteiger partial charge in [-0.15, -0.1) is 6.58 Å². The van der Waals surface area contributed by atoms with Crippen LogP contribution in [0, 0.1) is 11.8 Å². The van der Waals surface area contributed by atoms with Crippen LogP contribution < -0.4 is 5.32 Å². The van der Waals surface area contributed by atoms with Gasteiger partial charge in [-0.2, -0.15) is 0 Å². The number of unbranched alkanes of at least 4 members (excludes halogenated alkanes) is 3. The molecule has 1 saturated carbocycles. The Morgan fingerprint density at radius 2 is 1.83 bits per heavy atom. The quantitative estimate of drug-likeness (QED) is 0.453. The van der Waals surface area contributed by atoms with Crippen molar-refractivity contribution in [2.24, 2.45) is 11.8 Å². The van der Waals surface area contributed by atoms with E-state index in [0.717, 1.165) is 11.8 Å². The molecular weight excluding hydrogens is 218 g/mol. The van der Waals surface area contributed by atoms with E-state index in [-0.39, 0.29) is 0 Å². The second kappa shape index (κ2) is 9.61. The molecule has 1 aliphatic rings. The van der Waals surface area contributed by atoms with Crippen LogP contribution in [0.25, 0.3) is 0 Å². The van der Waals surface area contributed by atoms with Crippen molar-refractivity contribution in [3.63, 3.8) is 0 Å². The Labute approximate surface area is 114 Å². The molecule has 1 rings (SSSR count). The van der Waals surface area contributed by atoms with E-state index in [1.54, 1.807) is 0 Å². The van der Waals surface area contributed by atoms with Crippen LogP contribution in [0.5, 0.6) is 0 Å². The minimum Gasteiger partial charge on any atom is -0.314 e. The monoisotopic (exact) mass is 251 g/mol. The largest absolute Gasteiger partial charge is 0.314 e. The van der Waals surface area contributed by atoms with E-state index in [2.05, 4.69) is 31.8 Å². The molecule has 18 heavy (non-hydrogen) atoms. The molecule has 0 spiro atoms. The molecule has 1 N–H and O–H groups in total. The van der Waals surface area contributed by atoms with Crippen LogP contribution in [0.3, 0.4) is 0 Å². The molecule has 0 bridgehead atoms. The topological polar surface area (TPSA) is 12.0 Å². The third kappa shape index (κ3) is 6.58. The lowest BCUT2D eigenvalue weighted by Gasteiger charge is -2.32. The summed E-state index contributed by atoms with van der Waals surface area (Å²) >= 11 is 0. The van der Waals surface area contributed by atoms with Gasteiger partial charge in [0.1, 0.15) is 0 Å². The highest BCUT2D eigenvalue weighted by Crippen LogP contribution is 2.33. The summed E-state index contributed by atoms with van der Waals surface area (Å²) in [6.45, 7) is 9.55. The average Bonchev–Trinajstić information content (AvgIpc) is 2.37. The van der Waals surface area contributed by atoms with Crippen molar-refractivity contribution in [1.82, 2.24) is 5.32 Å². The zero-order valence-corrected chi connectivity index (χ0v) is 12.6. The van der Waals surface area contributed by atoms with Gasteiger partial charge in [0, 0.05) is 6.04 Å². The smallest absolute Gasteiger partial charge is 0.00104 e. The van der Waals surface area contributed by atoms with Crippen molar-refractivity contribution in [3.05, 3.63) is 12.7 Å². The van der Waals surface area contributed by atoms with Gasteiger partial charge in [0.25, 0.3) is 0 Å². The first kappa shape index (κ1) is 15.8. The van der Waals surface area contributed by atoms with Crippen LogP contribution in [0.4, 0.5) is 0 Å². The van der Waals surface area contributed by atoms with Gasteiger partial charge >= 0.3 is 0 Å². The highest BCUT2D eigenvalue weighted by atomic mass is 14.9. The Kier molecular flexibility index (Phi) is 8.41. The lowest BCUT2D eigenvalue weighted by atomic mass is 9.76. The molecule has 0 radical (unpaired) electrons. The van der Waals surface area contributed by atoms with Crippen molar-refractivity contribution in [2.75, 3.05) is 6.54 Å². The number of hydrogen-bond donors (Lipinski definition) is 1. The highest BCUT2D eigenvalue weighted by molar-refractivity contribution is 4.78. The lowest BCUT2D eigenvalue weighted by Crippen LogP contribution is -2.34. The van der Waals surface area contributed by atoms with Gasteiger partial charge in [0.15, 0.2) is 0 Å². The average molecular weight is 251 g/mol. The fourth-order valence-electron chi connectivity index (χ4n) is 3.19. The number of nitrogens with one attached hydrogen (secondary N) is 1. The van der Waals surface area contributed by atoms with Crippen molar-refractivity contribution < 1.29 is 0 Å². The maximum atomic E-state index is 3.79. The second-order valence-corrected chi connectivity index (χ2v) is 6.29. The molecule has 1 fully saturated rings. The van der Waals surface area contributed by atoms with Crippen LogP contribution in [0.1, 0.15) is 71.6 Å². The van der Waals surface area contributed by atoms with Crippen molar-refractivity contribution in [3.8, 4) is 0 Å². The molecule has 106 valence electrons. The second-order valence-electron chi connectivity index (χ2n) is 6.29. The Morgan fingerprint density at radius 1 is 1.11 bits per heavy atom. The van der Waals surface area contributed by atoms with Crippen molar-refractivity contribution >= 4 is 0 Å². The van der Waals surface area contributed by atoms with E-state index in [0.29, 0.717) is 6.04 Å². The van der Waals surface area contributed by atoms with E-state index >= 15 is 0 Å². The van der Waals surface area contributed by atoms with Crippen LogP contribution in [0.15, 0.2) is 12.7 Å². The highest BCUT2D eigenvalue weighted by Gasteiger charge is 2.24. The predicted octanol–water partition coefficient (Wildman–Crippen LogP) is 4.93. The Bertz CT molecular complexity index is 210. The first-order valence-electron chi connectivity index (χ1n) is 8.08. The van der Waals surface area contributed by atoms with E-state index in [1.165, 1.54) is 64.3 Å². The van der Waals surface area contributed by atoms with E-state index in [4.69, 9.17) is 0 Å². The SMILES string of the molecule is C=CCCCCCC1CCCCC1CNC(C)C. The molecule has 2 unspecified atom stereocenters. The maximum Gasteiger partial charge on any atom is 0.00104 e. The molecule has 0 saturated heterocycles. The summed E-state index contributed by atoms with van der Waals surface area (Å²) in [5, 5.41) is 3.64. The molecule has 0 aromatic carbocycles. The molecule has 0 aromatic rings. The predicted molar refractivity (Wildman–Crippen MR) is 81.9 cm³/mol. The van der Waals surface area contributed by atoms with E-state index in [9.17, 15) is 0 Å². The van der Waals surface area contributed by atoms with Crippen LogP contribution in [0.2, 0.25) is 0 Å². The van der Waals surface area contributed by atoms with Crippen molar-refractivity contribution in [2.45, 2.75) is 77.7 Å². The van der Waals surface area contributed by atoms with Gasteiger partial charge in [-0.05, 0) is 37.6 Å². The van der Waals surface area contributed by atoms with Crippen molar-refractivity contribution in [1.29, 1.82) is 0 Å². The fourth-order valence-corrected chi connectivity index (χ4v) is 3.19. The normalized spacial score (nSPS) is 24.4. The standard InChI is InChI=1S/C17H33N/c1-4-5-6-7-8-11-16-12-9-10-13-17(16)14-18-15(2)3/h4,15-18H,1,5-14H2,2-3H3.